The van der Waals surface area contributed by atoms with E-state index in [0.29, 0.717) is 49.4 Å². The predicted molar refractivity (Wildman–Crippen MR) is 241 cm³/mol. The minimum atomic E-state index is -0.567. The van der Waals surface area contributed by atoms with Crippen molar-refractivity contribution >= 4 is 11.9 Å². The summed E-state index contributed by atoms with van der Waals surface area (Å²) < 4.78 is 24.8. The van der Waals surface area contributed by atoms with Crippen molar-refractivity contribution < 1.29 is 58.3 Å². The molecular formula is C52H82O12. The first-order chi connectivity index (χ1) is 30.4. The van der Waals surface area contributed by atoms with Crippen LogP contribution in [-0.2, 0) is 48.1 Å². The standard InChI is InChI=1S/C26H42O6.C26H40O6/c2*1-6-8-16(3)31-32-18-11-12-25(4)17(13-18)14-20(27)23-19-9-10-21(30-22(28)7-2)26(19,5)15-29-24(23)25/h17-21,23-24,27H,3,6-15H2,1-2,4-5H3;14,18-21,23-24,27H,3,6-13,15H2,1-2,4-5H3/t17?,18-,19?,20-,21-,23?,24?,25-,26-;18-,19?,20-,21-,23?,24?,25-,26-/m00/s1. The van der Waals surface area contributed by atoms with E-state index >= 15 is 0 Å². The highest BCUT2D eigenvalue weighted by Crippen LogP contribution is 2.63. The van der Waals surface area contributed by atoms with Gasteiger partial charge in [-0.3, -0.25) is 9.59 Å². The van der Waals surface area contributed by atoms with Gasteiger partial charge in [0.2, 0.25) is 0 Å². The number of carbonyl (C=O) groups is 2. The van der Waals surface area contributed by atoms with Crippen molar-refractivity contribution in [2.45, 2.75) is 213 Å². The molecule has 8 aliphatic rings. The lowest BCUT2D eigenvalue weighted by atomic mass is 9.50. The molecule has 17 atom stereocenters. The van der Waals surface area contributed by atoms with E-state index in [2.05, 4.69) is 60.8 Å². The molecule has 8 rings (SSSR count). The third kappa shape index (κ3) is 9.37. The fourth-order valence-electron chi connectivity index (χ4n) is 14.1. The van der Waals surface area contributed by atoms with Crippen LogP contribution in [0.15, 0.2) is 36.3 Å². The first-order valence-electron chi connectivity index (χ1n) is 25.2. The number of fused-ring (bicyclic) bond motifs is 10. The molecule has 0 radical (unpaired) electrons. The van der Waals surface area contributed by atoms with Gasteiger partial charge in [-0.25, -0.2) is 0 Å². The van der Waals surface area contributed by atoms with Gasteiger partial charge in [0.15, 0.2) is 0 Å². The van der Waals surface area contributed by atoms with E-state index < -0.39 is 12.2 Å². The van der Waals surface area contributed by atoms with Crippen LogP contribution in [0.4, 0.5) is 0 Å². The van der Waals surface area contributed by atoms with Gasteiger partial charge in [0, 0.05) is 53.8 Å². The van der Waals surface area contributed by atoms with E-state index in [1.807, 2.05) is 13.8 Å². The van der Waals surface area contributed by atoms with Crippen molar-refractivity contribution in [2.24, 2.45) is 51.2 Å². The molecule has 64 heavy (non-hydrogen) atoms. The van der Waals surface area contributed by atoms with Crippen molar-refractivity contribution in [3.63, 3.8) is 0 Å². The van der Waals surface area contributed by atoms with Gasteiger partial charge < -0.3 is 38.9 Å². The number of aliphatic hydroxyl groups excluding tert-OH is 2. The number of rotatable bonds is 14. The Labute approximate surface area is 383 Å². The maximum atomic E-state index is 12.0. The topological polar surface area (TPSA) is 148 Å². The second kappa shape index (κ2) is 20.0. The molecule has 2 N–H and O–H groups in total. The summed E-state index contributed by atoms with van der Waals surface area (Å²) in [6.45, 7) is 25.8. The van der Waals surface area contributed by atoms with Gasteiger partial charge in [0.25, 0.3) is 0 Å². The Morgan fingerprint density at radius 3 is 1.78 bits per heavy atom. The van der Waals surface area contributed by atoms with E-state index in [1.165, 1.54) is 5.57 Å². The summed E-state index contributed by atoms with van der Waals surface area (Å²) >= 11 is 0. The van der Waals surface area contributed by atoms with Gasteiger partial charge in [0.1, 0.15) is 35.9 Å². The van der Waals surface area contributed by atoms with Crippen LogP contribution in [0.1, 0.15) is 165 Å². The summed E-state index contributed by atoms with van der Waals surface area (Å²) in [5.41, 5.74) is 0.641. The highest BCUT2D eigenvalue weighted by atomic mass is 17.2. The van der Waals surface area contributed by atoms with Crippen molar-refractivity contribution in [1.29, 1.82) is 0 Å². The number of ether oxygens (including phenoxy) is 4. The number of allylic oxidation sites excluding steroid dienone is 2. The monoisotopic (exact) mass is 899 g/mol. The third-order valence-corrected chi connectivity index (χ3v) is 17.9. The number of carbonyl (C=O) groups excluding carboxylic acids is 2. The van der Waals surface area contributed by atoms with Gasteiger partial charge in [-0.2, -0.15) is 9.78 Å². The van der Waals surface area contributed by atoms with Gasteiger partial charge in [-0.15, -0.1) is 0 Å². The summed E-state index contributed by atoms with van der Waals surface area (Å²) in [5, 5.41) is 22.6. The first-order valence-corrected chi connectivity index (χ1v) is 25.2. The molecule has 12 heteroatoms. The summed E-state index contributed by atoms with van der Waals surface area (Å²) in [6, 6.07) is 0. The van der Waals surface area contributed by atoms with Crippen LogP contribution in [0, 0.1) is 51.2 Å². The molecule has 12 nitrogen and oxygen atoms in total. The molecule has 7 unspecified atom stereocenters. The molecule has 5 saturated carbocycles. The summed E-state index contributed by atoms with van der Waals surface area (Å²) in [4.78, 5) is 46.3. The van der Waals surface area contributed by atoms with Gasteiger partial charge in [-0.1, -0.05) is 80.2 Å². The zero-order valence-electron chi connectivity index (χ0n) is 40.4. The van der Waals surface area contributed by atoms with Crippen molar-refractivity contribution in [3.05, 3.63) is 36.3 Å². The normalized spacial score (nSPS) is 44.1. The Kier molecular flexibility index (Phi) is 15.5. The number of esters is 2. The second-order valence-electron chi connectivity index (χ2n) is 22.0. The van der Waals surface area contributed by atoms with E-state index in [4.69, 9.17) is 38.5 Å². The van der Waals surface area contributed by atoms with E-state index in [0.717, 1.165) is 96.3 Å². The molecule has 0 spiro atoms. The Balaban J connectivity index is 0.000000191. The van der Waals surface area contributed by atoms with Crippen LogP contribution < -0.4 is 0 Å². The molecule has 7 fully saturated rings. The van der Waals surface area contributed by atoms with E-state index in [9.17, 15) is 19.8 Å². The molecule has 2 heterocycles. The molecular weight excluding hydrogens is 817 g/mol. The molecule has 362 valence electrons. The lowest BCUT2D eigenvalue weighted by Crippen LogP contribution is -2.64. The average molecular weight is 899 g/mol. The minimum Gasteiger partial charge on any atom is -0.462 e. The third-order valence-electron chi connectivity index (χ3n) is 17.9. The van der Waals surface area contributed by atoms with E-state index in [-0.39, 0.29) is 88.0 Å². The Morgan fingerprint density at radius 2 is 1.22 bits per heavy atom. The van der Waals surface area contributed by atoms with Crippen LogP contribution in [0.2, 0.25) is 0 Å². The van der Waals surface area contributed by atoms with Crippen molar-refractivity contribution in [1.82, 2.24) is 0 Å². The summed E-state index contributed by atoms with van der Waals surface area (Å²) in [7, 11) is 0. The van der Waals surface area contributed by atoms with Crippen molar-refractivity contribution in [2.75, 3.05) is 13.2 Å². The van der Waals surface area contributed by atoms with Gasteiger partial charge >= 0.3 is 11.9 Å². The number of hydrogen-bond donors (Lipinski definition) is 2. The minimum absolute atomic E-state index is 0.0176. The smallest absolute Gasteiger partial charge is 0.305 e. The van der Waals surface area contributed by atoms with Gasteiger partial charge in [0.05, 0.1) is 37.6 Å². The Bertz CT molecular complexity index is 1710. The van der Waals surface area contributed by atoms with Crippen molar-refractivity contribution in [3.8, 4) is 0 Å². The molecule has 2 aliphatic heterocycles. The molecule has 2 saturated heterocycles. The predicted octanol–water partition coefficient (Wildman–Crippen LogP) is 9.80. The van der Waals surface area contributed by atoms with Crippen LogP contribution in [0.3, 0.4) is 0 Å². The lowest BCUT2D eigenvalue weighted by Gasteiger charge is -2.61. The Morgan fingerprint density at radius 1 is 0.688 bits per heavy atom. The largest absolute Gasteiger partial charge is 0.462 e. The highest BCUT2D eigenvalue weighted by Gasteiger charge is 2.65. The molecule has 6 aliphatic carbocycles. The van der Waals surface area contributed by atoms with Gasteiger partial charge in [-0.05, 0) is 107 Å². The highest BCUT2D eigenvalue weighted by molar-refractivity contribution is 5.69. The molecule has 0 aromatic heterocycles. The molecule has 0 bridgehead atoms. The number of hydrogen-bond acceptors (Lipinski definition) is 12. The zero-order valence-corrected chi connectivity index (χ0v) is 40.4. The first kappa shape index (κ1) is 49.4. The molecule has 0 aromatic rings. The van der Waals surface area contributed by atoms with Crippen LogP contribution in [0.5, 0.6) is 0 Å². The summed E-state index contributed by atoms with van der Waals surface area (Å²) in [6.07, 6.45) is 14.9. The Hall–Kier alpha value is -2.48. The fourth-order valence-corrected chi connectivity index (χ4v) is 14.1. The summed E-state index contributed by atoms with van der Waals surface area (Å²) in [5.74, 6) is 2.08. The quantitative estimate of drug-likeness (QED) is 0.0562. The second-order valence-corrected chi connectivity index (χ2v) is 22.0. The molecule has 0 aromatic carbocycles. The number of aliphatic hydroxyl groups is 2. The maximum absolute atomic E-state index is 12.0. The maximum Gasteiger partial charge on any atom is 0.305 e. The fraction of sp³-hybridized carbons (Fsp3) is 0.846. The zero-order chi connectivity index (χ0) is 46.2. The van der Waals surface area contributed by atoms with Crippen LogP contribution in [-0.4, -0.2) is 84.2 Å². The average Bonchev–Trinajstić information content (AvgIpc) is 3.78. The lowest BCUT2D eigenvalue weighted by molar-refractivity contribution is -0.318. The SMILES string of the molecule is C=C(CCC)OO[C@H]1CC[C@@]2(C)C(=C[C@H](O)C3C2OC[C@@]2(C)C3CC[C@@H]2OC(=O)CC)C1.C=C(CCC)OO[C@H]1CC[C@@]2(C)C(C1)C[C@H](O)C1C2OC[C@@]2(C)C1CC[C@@H]2OC(=O)CC. The molecule has 0 amide bonds. The van der Waals surface area contributed by atoms with E-state index in [1.54, 1.807) is 0 Å². The van der Waals surface area contributed by atoms with Crippen LogP contribution >= 0.6 is 0 Å². The van der Waals surface area contributed by atoms with Crippen LogP contribution in [0.25, 0.3) is 0 Å².